The molecule has 1 aromatic rings. The van der Waals surface area contributed by atoms with Crippen LogP contribution in [0.15, 0.2) is 24.3 Å². The fraction of sp³-hybridized carbons (Fsp3) is 0.500. The van der Waals surface area contributed by atoms with Gasteiger partial charge in [0.25, 0.3) is 0 Å². The first-order chi connectivity index (χ1) is 7.54. The quantitative estimate of drug-likeness (QED) is 0.714. The minimum atomic E-state index is -4.27. The number of hydrogen-bond donors (Lipinski definition) is 0. The van der Waals surface area contributed by atoms with Crippen LogP contribution in [0.1, 0.15) is 25.3 Å². The van der Waals surface area contributed by atoms with E-state index in [4.69, 9.17) is 0 Å². The van der Waals surface area contributed by atoms with E-state index in [2.05, 4.69) is 0 Å². The maximum absolute atomic E-state index is 12.9. The average molecular weight is 229 g/mol. The Morgan fingerprint density at radius 1 is 1.25 bits per heavy atom. The molecular weight excluding hydrogens is 215 g/mol. The van der Waals surface area contributed by atoms with E-state index in [1.165, 1.54) is 0 Å². The lowest BCUT2D eigenvalue weighted by atomic mass is 10.1. The second-order valence-electron chi connectivity index (χ2n) is 4.05. The smallest absolute Gasteiger partial charge is 0.281 e. The minimum absolute atomic E-state index is 0.319. The molecule has 1 nitrogen and oxygen atoms in total. The Labute approximate surface area is 92.9 Å². The SMILES string of the molecule is CCc1ccccc1N(C1CC1)C(F)(F)F. The summed E-state index contributed by atoms with van der Waals surface area (Å²) in [6.07, 6.45) is -2.38. The summed E-state index contributed by atoms with van der Waals surface area (Å²) >= 11 is 0. The van der Waals surface area contributed by atoms with E-state index < -0.39 is 6.30 Å². The van der Waals surface area contributed by atoms with Crippen LogP contribution >= 0.6 is 0 Å². The molecule has 0 aromatic heterocycles. The highest BCUT2D eigenvalue weighted by Gasteiger charge is 2.46. The van der Waals surface area contributed by atoms with Crippen molar-refractivity contribution < 1.29 is 13.2 Å². The Bertz CT molecular complexity index is 369. The molecule has 0 radical (unpaired) electrons. The zero-order valence-corrected chi connectivity index (χ0v) is 9.09. The third-order valence-corrected chi connectivity index (χ3v) is 2.82. The van der Waals surface area contributed by atoms with Crippen LogP contribution in [-0.2, 0) is 6.42 Å². The number of anilines is 1. The van der Waals surface area contributed by atoms with Crippen molar-refractivity contribution in [2.45, 2.75) is 38.5 Å². The van der Waals surface area contributed by atoms with Gasteiger partial charge in [-0.3, -0.25) is 4.90 Å². The highest BCUT2D eigenvalue weighted by Crippen LogP contribution is 2.41. The van der Waals surface area contributed by atoms with Gasteiger partial charge in [-0.15, -0.1) is 0 Å². The summed E-state index contributed by atoms with van der Waals surface area (Å²) in [4.78, 5) is 0.617. The van der Waals surface area contributed by atoms with Gasteiger partial charge < -0.3 is 0 Å². The Balaban J connectivity index is 2.38. The summed E-state index contributed by atoms with van der Waals surface area (Å²) in [5.41, 5.74) is 1.08. The molecule has 0 unspecified atom stereocenters. The van der Waals surface area contributed by atoms with Crippen molar-refractivity contribution in [2.24, 2.45) is 0 Å². The molecule has 1 saturated carbocycles. The number of aryl methyl sites for hydroxylation is 1. The van der Waals surface area contributed by atoms with Gasteiger partial charge in [-0.2, -0.15) is 13.2 Å². The highest BCUT2D eigenvalue weighted by atomic mass is 19.4. The number of para-hydroxylation sites is 1. The number of hydrogen-bond acceptors (Lipinski definition) is 1. The number of nitrogens with zero attached hydrogens (tertiary/aromatic N) is 1. The predicted molar refractivity (Wildman–Crippen MR) is 57.4 cm³/mol. The lowest BCUT2D eigenvalue weighted by Gasteiger charge is -2.28. The minimum Gasteiger partial charge on any atom is -0.281 e. The molecule has 2 rings (SSSR count). The summed E-state index contributed by atoms with van der Waals surface area (Å²) in [5.74, 6) is 0. The van der Waals surface area contributed by atoms with Gasteiger partial charge >= 0.3 is 6.30 Å². The van der Waals surface area contributed by atoms with Crippen LogP contribution in [-0.4, -0.2) is 12.3 Å². The largest absolute Gasteiger partial charge is 0.485 e. The van der Waals surface area contributed by atoms with Crippen LogP contribution in [0.3, 0.4) is 0 Å². The second-order valence-corrected chi connectivity index (χ2v) is 4.05. The summed E-state index contributed by atoms with van der Waals surface area (Å²) < 4.78 is 38.8. The van der Waals surface area contributed by atoms with Gasteiger partial charge in [-0.25, -0.2) is 0 Å². The highest BCUT2D eigenvalue weighted by molar-refractivity contribution is 5.56. The molecule has 1 aliphatic rings. The molecule has 1 fully saturated rings. The molecule has 0 aliphatic heterocycles. The molecule has 1 aromatic carbocycles. The van der Waals surface area contributed by atoms with Crippen LogP contribution in [0.5, 0.6) is 0 Å². The first-order valence-corrected chi connectivity index (χ1v) is 5.48. The standard InChI is InChI=1S/C12H14F3N/c1-2-9-5-3-4-6-11(9)16(10-7-8-10)12(13,14)15/h3-6,10H,2,7-8H2,1H3. The lowest BCUT2D eigenvalue weighted by Crippen LogP contribution is -2.40. The normalized spacial score (nSPS) is 16.2. The Morgan fingerprint density at radius 3 is 2.38 bits per heavy atom. The van der Waals surface area contributed by atoms with Gasteiger partial charge in [0.2, 0.25) is 0 Å². The molecule has 1 aliphatic carbocycles. The summed E-state index contributed by atoms with van der Waals surface area (Å²) in [5, 5.41) is 0. The Kier molecular flexibility index (Phi) is 2.82. The van der Waals surface area contributed by atoms with E-state index in [1.807, 2.05) is 6.92 Å². The molecule has 4 heteroatoms. The molecule has 16 heavy (non-hydrogen) atoms. The zero-order valence-electron chi connectivity index (χ0n) is 9.09. The summed E-state index contributed by atoms with van der Waals surface area (Å²) in [7, 11) is 0. The fourth-order valence-corrected chi connectivity index (χ4v) is 1.92. The maximum Gasteiger partial charge on any atom is 0.485 e. The molecule has 0 heterocycles. The van der Waals surface area contributed by atoms with E-state index >= 15 is 0 Å². The Hall–Kier alpha value is -1.19. The van der Waals surface area contributed by atoms with Gasteiger partial charge in [-0.1, -0.05) is 25.1 Å². The Morgan fingerprint density at radius 2 is 1.88 bits per heavy atom. The molecule has 0 atom stereocenters. The van der Waals surface area contributed by atoms with Crippen molar-refractivity contribution >= 4 is 5.69 Å². The maximum atomic E-state index is 12.9. The molecule has 0 spiro atoms. The monoisotopic (exact) mass is 229 g/mol. The van der Waals surface area contributed by atoms with E-state index in [1.54, 1.807) is 24.3 Å². The van der Waals surface area contributed by atoms with E-state index in [-0.39, 0.29) is 6.04 Å². The molecule has 0 N–H and O–H groups in total. The van der Waals surface area contributed by atoms with Crippen LogP contribution in [0.2, 0.25) is 0 Å². The molecule has 88 valence electrons. The van der Waals surface area contributed by atoms with Crippen molar-refractivity contribution in [3.63, 3.8) is 0 Å². The van der Waals surface area contributed by atoms with Gasteiger partial charge in [0.1, 0.15) is 0 Å². The zero-order chi connectivity index (χ0) is 11.8. The van der Waals surface area contributed by atoms with E-state index in [0.29, 0.717) is 29.8 Å². The number of rotatable bonds is 3. The first kappa shape index (κ1) is 11.3. The molecule has 0 amide bonds. The van der Waals surface area contributed by atoms with Crippen LogP contribution in [0.25, 0.3) is 0 Å². The van der Waals surface area contributed by atoms with Crippen LogP contribution in [0.4, 0.5) is 18.9 Å². The van der Waals surface area contributed by atoms with Crippen LogP contribution < -0.4 is 4.90 Å². The molecule has 0 saturated heterocycles. The van der Waals surface area contributed by atoms with Crippen molar-refractivity contribution in [1.29, 1.82) is 0 Å². The van der Waals surface area contributed by atoms with Crippen molar-refractivity contribution in [1.82, 2.24) is 0 Å². The van der Waals surface area contributed by atoms with Gasteiger partial charge in [0, 0.05) is 11.7 Å². The summed E-state index contributed by atoms with van der Waals surface area (Å²) in [6.45, 7) is 1.88. The van der Waals surface area contributed by atoms with Gasteiger partial charge in [0.05, 0.1) is 0 Å². The van der Waals surface area contributed by atoms with Crippen molar-refractivity contribution in [3.05, 3.63) is 29.8 Å². The second kappa shape index (κ2) is 4.00. The lowest BCUT2D eigenvalue weighted by molar-refractivity contribution is -0.130. The average Bonchev–Trinajstić information content (AvgIpc) is 3.01. The third-order valence-electron chi connectivity index (χ3n) is 2.82. The van der Waals surface area contributed by atoms with Gasteiger partial charge in [0.15, 0.2) is 0 Å². The topological polar surface area (TPSA) is 3.24 Å². The third kappa shape index (κ3) is 2.15. The number of alkyl halides is 3. The fourth-order valence-electron chi connectivity index (χ4n) is 1.92. The van der Waals surface area contributed by atoms with Gasteiger partial charge in [-0.05, 0) is 30.9 Å². The first-order valence-electron chi connectivity index (χ1n) is 5.48. The van der Waals surface area contributed by atoms with Crippen molar-refractivity contribution in [2.75, 3.05) is 4.90 Å². The number of benzene rings is 1. The molecular formula is C12H14F3N. The van der Waals surface area contributed by atoms with Crippen molar-refractivity contribution in [3.8, 4) is 0 Å². The van der Waals surface area contributed by atoms with E-state index in [0.717, 1.165) is 5.56 Å². The van der Waals surface area contributed by atoms with E-state index in [9.17, 15) is 13.2 Å². The summed E-state index contributed by atoms with van der Waals surface area (Å²) in [6, 6.07) is 6.41. The molecule has 0 bridgehead atoms. The van der Waals surface area contributed by atoms with Crippen LogP contribution in [0, 0.1) is 0 Å². The predicted octanol–water partition coefficient (Wildman–Crippen LogP) is 3.74. The number of halogens is 3.